The minimum Gasteiger partial charge on any atom is -0.102 e. The van der Waals surface area contributed by atoms with Crippen molar-refractivity contribution < 1.29 is 0 Å². The zero-order valence-electron chi connectivity index (χ0n) is 22.9. The van der Waals surface area contributed by atoms with Gasteiger partial charge in [-0.05, 0) is 94.3 Å². The number of rotatable bonds is 13. The summed E-state index contributed by atoms with van der Waals surface area (Å²) in [4.78, 5) is 0. The largest absolute Gasteiger partial charge is 0.102 e. The molecule has 0 aromatic rings. The van der Waals surface area contributed by atoms with Gasteiger partial charge in [-0.3, -0.25) is 0 Å². The molecule has 0 N–H and O–H groups in total. The van der Waals surface area contributed by atoms with Gasteiger partial charge in [0.2, 0.25) is 0 Å². The van der Waals surface area contributed by atoms with Crippen molar-refractivity contribution in [3.63, 3.8) is 0 Å². The van der Waals surface area contributed by atoms with E-state index in [1.807, 2.05) is 0 Å². The van der Waals surface area contributed by atoms with Gasteiger partial charge in [0.25, 0.3) is 0 Å². The molecule has 182 valence electrons. The number of hydrogen-bond acceptors (Lipinski definition) is 0. The predicted molar refractivity (Wildman–Crippen MR) is 147 cm³/mol. The summed E-state index contributed by atoms with van der Waals surface area (Å²) in [7, 11) is 0. The van der Waals surface area contributed by atoms with Gasteiger partial charge in [0.15, 0.2) is 0 Å². The van der Waals surface area contributed by atoms with E-state index in [0.717, 1.165) is 18.8 Å². The topological polar surface area (TPSA) is 0 Å². The Morgan fingerprint density at radius 3 is 2.47 bits per heavy atom. The summed E-state index contributed by atoms with van der Waals surface area (Å²) < 4.78 is 0. The van der Waals surface area contributed by atoms with Crippen LogP contribution in [0.15, 0.2) is 60.8 Å². The first-order chi connectivity index (χ1) is 14.8. The summed E-state index contributed by atoms with van der Waals surface area (Å²) in [5, 5.41) is 0. The van der Waals surface area contributed by atoms with Crippen LogP contribution in [0.3, 0.4) is 0 Å². The van der Waals surface area contributed by atoms with Crippen molar-refractivity contribution in [3.05, 3.63) is 60.8 Å². The maximum atomic E-state index is 4.44. The lowest BCUT2D eigenvalue weighted by molar-refractivity contribution is 0.103. The van der Waals surface area contributed by atoms with Crippen molar-refractivity contribution in [2.45, 2.75) is 107 Å². The molecule has 0 aliphatic heterocycles. The highest BCUT2D eigenvalue weighted by Crippen LogP contribution is 2.49. The first-order valence-electron chi connectivity index (χ1n) is 13.1. The Balaban J connectivity index is 2.57. The van der Waals surface area contributed by atoms with Crippen molar-refractivity contribution in [1.29, 1.82) is 0 Å². The molecule has 0 bridgehead atoms. The lowest BCUT2D eigenvalue weighted by Crippen LogP contribution is -2.36. The molecule has 0 aromatic heterocycles. The SMILES string of the molecule is C=C[C@@](C)(/C=C/[C@@H](C)CC[C@H]1C(=C)CC[C@H](C)C1(C)C)CC/C=C(\C)CC[C@@H](C)C(=C)C. The van der Waals surface area contributed by atoms with E-state index in [1.165, 1.54) is 55.2 Å². The Bertz CT molecular complexity index is 685. The summed E-state index contributed by atoms with van der Waals surface area (Å²) in [5.41, 5.74) is 4.73. The van der Waals surface area contributed by atoms with Crippen molar-refractivity contribution in [1.82, 2.24) is 0 Å². The van der Waals surface area contributed by atoms with Crippen LogP contribution in [0.2, 0.25) is 0 Å². The molecule has 0 spiro atoms. The molecule has 0 amide bonds. The fourth-order valence-electron chi connectivity index (χ4n) is 4.98. The summed E-state index contributed by atoms with van der Waals surface area (Å²) in [6, 6.07) is 0. The van der Waals surface area contributed by atoms with Crippen LogP contribution in [0, 0.1) is 34.5 Å². The van der Waals surface area contributed by atoms with E-state index >= 15 is 0 Å². The van der Waals surface area contributed by atoms with E-state index in [2.05, 4.69) is 99.4 Å². The molecule has 1 fully saturated rings. The molecule has 1 aliphatic carbocycles. The highest BCUT2D eigenvalue weighted by Gasteiger charge is 2.39. The van der Waals surface area contributed by atoms with Crippen molar-refractivity contribution in [3.8, 4) is 0 Å². The van der Waals surface area contributed by atoms with Gasteiger partial charge in [-0.15, -0.1) is 6.58 Å². The first-order valence-corrected chi connectivity index (χ1v) is 13.1. The quantitative estimate of drug-likeness (QED) is 0.251. The standard InChI is InChI=1S/C32H54/c1-12-32(11,22-13-14-25(4)15-17-27(6)24(2)3)23-21-26(5)16-20-30-28(7)18-19-29(8)31(30,9)10/h12,14,21,23,26-27,29-30H,1-2,7,13,15-20,22H2,3-6,8-11H3/b23-21+,25-14+/t26-,27+,29-,30-,32+/m0/s1. The molecular weight excluding hydrogens is 384 g/mol. The monoisotopic (exact) mass is 438 g/mol. The maximum Gasteiger partial charge on any atom is 0.00330 e. The van der Waals surface area contributed by atoms with Crippen LogP contribution >= 0.6 is 0 Å². The van der Waals surface area contributed by atoms with Crippen LogP contribution in [0.25, 0.3) is 0 Å². The molecule has 0 nitrogen and oxygen atoms in total. The third-order valence-corrected chi connectivity index (χ3v) is 8.73. The first kappa shape index (κ1) is 28.7. The van der Waals surface area contributed by atoms with Crippen LogP contribution in [-0.2, 0) is 0 Å². The van der Waals surface area contributed by atoms with Crippen LogP contribution < -0.4 is 0 Å². The van der Waals surface area contributed by atoms with Crippen LogP contribution in [-0.4, -0.2) is 0 Å². The molecule has 1 rings (SSSR count). The minimum atomic E-state index is 0.0677. The van der Waals surface area contributed by atoms with Gasteiger partial charge in [-0.1, -0.05) is 95.7 Å². The molecule has 32 heavy (non-hydrogen) atoms. The van der Waals surface area contributed by atoms with Gasteiger partial charge in [-0.25, -0.2) is 0 Å². The molecule has 0 heteroatoms. The van der Waals surface area contributed by atoms with E-state index in [1.54, 1.807) is 0 Å². The van der Waals surface area contributed by atoms with Crippen LogP contribution in [0.5, 0.6) is 0 Å². The lowest BCUT2D eigenvalue weighted by atomic mass is 9.60. The third-order valence-electron chi connectivity index (χ3n) is 8.73. The van der Waals surface area contributed by atoms with Gasteiger partial charge in [0.05, 0.1) is 0 Å². The highest BCUT2D eigenvalue weighted by atomic mass is 14.4. The van der Waals surface area contributed by atoms with Gasteiger partial charge >= 0.3 is 0 Å². The van der Waals surface area contributed by atoms with E-state index in [9.17, 15) is 0 Å². The van der Waals surface area contributed by atoms with E-state index in [0.29, 0.717) is 23.2 Å². The molecule has 0 unspecified atom stereocenters. The van der Waals surface area contributed by atoms with Gasteiger partial charge < -0.3 is 0 Å². The average Bonchev–Trinajstić information content (AvgIpc) is 2.73. The minimum absolute atomic E-state index is 0.0677. The highest BCUT2D eigenvalue weighted by molar-refractivity contribution is 5.12. The second-order valence-corrected chi connectivity index (χ2v) is 12.0. The van der Waals surface area contributed by atoms with Crippen molar-refractivity contribution in [2.75, 3.05) is 0 Å². The molecule has 1 saturated carbocycles. The molecule has 0 saturated heterocycles. The summed E-state index contributed by atoms with van der Waals surface area (Å²) >= 11 is 0. The molecule has 5 atom stereocenters. The predicted octanol–water partition coefficient (Wildman–Crippen LogP) is 10.5. The summed E-state index contributed by atoms with van der Waals surface area (Å²) in [6.45, 7) is 31.4. The second kappa shape index (κ2) is 12.8. The van der Waals surface area contributed by atoms with Crippen LogP contribution in [0.4, 0.5) is 0 Å². The van der Waals surface area contributed by atoms with Gasteiger partial charge in [0, 0.05) is 5.41 Å². The van der Waals surface area contributed by atoms with E-state index < -0.39 is 0 Å². The smallest absolute Gasteiger partial charge is 0.00330 e. The number of allylic oxidation sites excluding steroid dienone is 7. The summed E-state index contributed by atoms with van der Waals surface area (Å²) in [5.74, 6) is 2.65. The van der Waals surface area contributed by atoms with Gasteiger partial charge in [0.1, 0.15) is 0 Å². The second-order valence-electron chi connectivity index (χ2n) is 12.0. The van der Waals surface area contributed by atoms with Gasteiger partial charge in [-0.2, -0.15) is 0 Å². The third kappa shape index (κ3) is 8.92. The zero-order chi connectivity index (χ0) is 24.5. The van der Waals surface area contributed by atoms with Crippen LogP contribution in [0.1, 0.15) is 107 Å². The summed E-state index contributed by atoms with van der Waals surface area (Å²) in [6.07, 6.45) is 19.1. The fourth-order valence-corrected chi connectivity index (χ4v) is 4.98. The number of hydrogen-bond donors (Lipinski definition) is 0. The average molecular weight is 439 g/mol. The Kier molecular flexibility index (Phi) is 11.5. The fraction of sp³-hybridized carbons (Fsp3) is 0.688. The van der Waals surface area contributed by atoms with E-state index in [4.69, 9.17) is 0 Å². The Hall–Kier alpha value is -1.30. The Morgan fingerprint density at radius 1 is 1.22 bits per heavy atom. The van der Waals surface area contributed by atoms with Crippen molar-refractivity contribution in [2.24, 2.45) is 34.5 Å². The van der Waals surface area contributed by atoms with E-state index in [-0.39, 0.29) is 5.41 Å². The molecule has 0 radical (unpaired) electrons. The lowest BCUT2D eigenvalue weighted by Gasteiger charge is -2.45. The molecule has 1 aliphatic rings. The Labute approximate surface area is 202 Å². The maximum absolute atomic E-state index is 4.44. The molecule has 0 aromatic carbocycles. The zero-order valence-corrected chi connectivity index (χ0v) is 22.9. The Morgan fingerprint density at radius 2 is 1.88 bits per heavy atom. The normalized spacial score (nSPS) is 25.4. The molecule has 0 heterocycles. The van der Waals surface area contributed by atoms with Crippen molar-refractivity contribution >= 4 is 0 Å². The molecular formula is C32H54.